The van der Waals surface area contributed by atoms with Crippen LogP contribution in [0, 0.1) is 0 Å². The van der Waals surface area contributed by atoms with E-state index in [1.807, 2.05) is 0 Å². The molecule has 1 N–H and O–H groups in total. The van der Waals surface area contributed by atoms with E-state index in [0.717, 1.165) is 13.1 Å². The van der Waals surface area contributed by atoms with E-state index in [4.69, 9.17) is 0 Å². The van der Waals surface area contributed by atoms with Crippen LogP contribution >= 0.6 is 0 Å². The Morgan fingerprint density at radius 1 is 1.15 bits per heavy atom. The maximum Gasteiger partial charge on any atom is 0.0403 e. The molecule has 1 aromatic carbocycles. The maximum absolute atomic E-state index is 3.67. The van der Waals surface area contributed by atoms with Crippen molar-refractivity contribution in [2.24, 2.45) is 0 Å². The second kappa shape index (κ2) is 6.15. The Bertz CT molecular complexity index is 412. The fraction of sp³-hybridized carbons (Fsp3) is 0.647. The zero-order valence-corrected chi connectivity index (χ0v) is 12.8. The smallest absolute Gasteiger partial charge is 0.0403 e. The first-order valence-corrected chi connectivity index (χ1v) is 7.99. The van der Waals surface area contributed by atoms with E-state index in [1.54, 1.807) is 0 Å². The highest BCUT2D eigenvalue weighted by Crippen LogP contribution is 2.20. The molecule has 2 atom stereocenters. The minimum Gasteiger partial charge on any atom is -0.381 e. The molecule has 20 heavy (non-hydrogen) atoms. The Morgan fingerprint density at radius 2 is 1.85 bits per heavy atom. The van der Waals surface area contributed by atoms with Crippen molar-refractivity contribution in [3.8, 4) is 0 Å². The number of rotatable bonds is 4. The quantitative estimate of drug-likeness (QED) is 0.910. The Balaban J connectivity index is 1.53. The lowest BCUT2D eigenvalue weighted by atomic mass is 10.1. The molecule has 2 saturated heterocycles. The zero-order valence-electron chi connectivity index (χ0n) is 12.8. The predicted octanol–water partition coefficient (Wildman–Crippen LogP) is 2.79. The third-order valence-electron chi connectivity index (χ3n) is 4.82. The van der Waals surface area contributed by atoms with Crippen LogP contribution in [0.25, 0.3) is 0 Å². The van der Waals surface area contributed by atoms with Crippen LogP contribution in [-0.4, -0.2) is 48.6 Å². The fourth-order valence-corrected chi connectivity index (χ4v) is 3.44. The normalized spacial score (nSPS) is 28.1. The second-order valence-corrected chi connectivity index (χ2v) is 6.55. The van der Waals surface area contributed by atoms with Gasteiger partial charge in [-0.2, -0.15) is 0 Å². The van der Waals surface area contributed by atoms with Gasteiger partial charge in [-0.25, -0.2) is 0 Å². The van der Waals surface area contributed by atoms with Gasteiger partial charge in [0.2, 0.25) is 0 Å². The van der Waals surface area contributed by atoms with Crippen LogP contribution in [0.15, 0.2) is 24.3 Å². The minimum absolute atomic E-state index is 0.597. The lowest BCUT2D eigenvalue weighted by Gasteiger charge is -2.17. The van der Waals surface area contributed by atoms with Crippen molar-refractivity contribution in [1.29, 1.82) is 0 Å². The molecule has 0 amide bonds. The number of hydrogen-bond acceptors (Lipinski definition) is 3. The predicted molar refractivity (Wildman–Crippen MR) is 85.1 cm³/mol. The van der Waals surface area contributed by atoms with Gasteiger partial charge in [-0.3, -0.25) is 4.90 Å². The first-order valence-electron chi connectivity index (χ1n) is 7.99. The molecule has 0 saturated carbocycles. The molecule has 2 aliphatic rings. The summed E-state index contributed by atoms with van der Waals surface area (Å²) in [5, 5.41) is 3.67. The van der Waals surface area contributed by atoms with Gasteiger partial charge in [-0.05, 0) is 64.0 Å². The van der Waals surface area contributed by atoms with E-state index in [-0.39, 0.29) is 0 Å². The molecule has 2 fully saturated rings. The summed E-state index contributed by atoms with van der Waals surface area (Å²) in [5.74, 6) is 0. The van der Waals surface area contributed by atoms with Gasteiger partial charge < -0.3 is 10.2 Å². The summed E-state index contributed by atoms with van der Waals surface area (Å²) >= 11 is 0. The van der Waals surface area contributed by atoms with E-state index >= 15 is 0 Å². The number of nitrogens with one attached hydrogen (secondary N) is 1. The maximum atomic E-state index is 3.67. The van der Waals surface area contributed by atoms with Gasteiger partial charge in [0.05, 0.1) is 0 Å². The van der Waals surface area contributed by atoms with Crippen LogP contribution in [0.4, 0.5) is 5.69 Å². The Hall–Kier alpha value is -1.06. The Morgan fingerprint density at radius 3 is 2.45 bits per heavy atom. The van der Waals surface area contributed by atoms with Crippen LogP contribution in [-0.2, 0) is 6.54 Å². The number of hydrogen-bond donors (Lipinski definition) is 1. The van der Waals surface area contributed by atoms with Crippen molar-refractivity contribution in [3.05, 3.63) is 29.8 Å². The summed E-state index contributed by atoms with van der Waals surface area (Å²) in [6.07, 6.45) is 3.98. The SMILES string of the molecule is CC1CC(Nc2ccc(CN3CCCC3)cc2)CN1C. The molecule has 0 spiro atoms. The average molecular weight is 273 g/mol. The van der Waals surface area contributed by atoms with Crippen LogP contribution in [0.3, 0.4) is 0 Å². The summed E-state index contributed by atoms with van der Waals surface area (Å²) in [6.45, 7) is 7.11. The molecule has 3 rings (SSSR count). The lowest BCUT2D eigenvalue weighted by molar-refractivity contribution is 0.330. The van der Waals surface area contributed by atoms with Gasteiger partial charge >= 0.3 is 0 Å². The van der Waals surface area contributed by atoms with Gasteiger partial charge in [0.15, 0.2) is 0 Å². The standard InChI is InChI=1S/C17H27N3/c1-14-11-17(13-19(14)2)18-16-7-5-15(6-8-16)12-20-9-3-4-10-20/h5-8,14,17-18H,3-4,9-13H2,1-2H3. The third-order valence-corrected chi connectivity index (χ3v) is 4.82. The molecule has 0 aromatic heterocycles. The van der Waals surface area contributed by atoms with Crippen LogP contribution in [0.2, 0.25) is 0 Å². The average Bonchev–Trinajstić information content (AvgIpc) is 3.03. The number of likely N-dealkylation sites (N-methyl/N-ethyl adjacent to an activating group) is 1. The van der Waals surface area contributed by atoms with E-state index in [9.17, 15) is 0 Å². The summed E-state index contributed by atoms with van der Waals surface area (Å²) in [6, 6.07) is 10.3. The van der Waals surface area contributed by atoms with Crippen molar-refractivity contribution >= 4 is 5.69 Å². The van der Waals surface area contributed by atoms with Gasteiger partial charge in [-0.15, -0.1) is 0 Å². The highest BCUT2D eigenvalue weighted by Gasteiger charge is 2.25. The molecule has 2 heterocycles. The molecule has 0 aliphatic carbocycles. The molecule has 3 heteroatoms. The van der Waals surface area contributed by atoms with E-state index in [0.29, 0.717) is 12.1 Å². The number of anilines is 1. The summed E-state index contributed by atoms with van der Waals surface area (Å²) in [7, 11) is 2.21. The molecular weight excluding hydrogens is 246 g/mol. The highest BCUT2D eigenvalue weighted by molar-refractivity contribution is 5.45. The Kier molecular flexibility index (Phi) is 4.27. The van der Waals surface area contributed by atoms with Crippen LogP contribution < -0.4 is 5.32 Å². The molecule has 1 aromatic rings. The third kappa shape index (κ3) is 3.33. The van der Waals surface area contributed by atoms with Gasteiger partial charge in [0.25, 0.3) is 0 Å². The van der Waals surface area contributed by atoms with Crippen LogP contribution in [0.5, 0.6) is 0 Å². The molecule has 0 bridgehead atoms. The summed E-state index contributed by atoms with van der Waals surface area (Å²) in [4.78, 5) is 4.98. The van der Waals surface area contributed by atoms with E-state index < -0.39 is 0 Å². The molecular formula is C17H27N3. The highest BCUT2D eigenvalue weighted by atomic mass is 15.2. The Labute approximate surface area is 123 Å². The lowest BCUT2D eigenvalue weighted by Crippen LogP contribution is -2.24. The monoisotopic (exact) mass is 273 g/mol. The number of benzene rings is 1. The topological polar surface area (TPSA) is 18.5 Å². The van der Waals surface area contributed by atoms with Crippen molar-refractivity contribution in [2.75, 3.05) is 32.0 Å². The van der Waals surface area contributed by atoms with E-state index in [2.05, 4.69) is 53.4 Å². The first kappa shape index (κ1) is 13.9. The largest absolute Gasteiger partial charge is 0.381 e. The number of nitrogens with zero attached hydrogens (tertiary/aromatic N) is 2. The second-order valence-electron chi connectivity index (χ2n) is 6.55. The van der Waals surface area contributed by atoms with Crippen molar-refractivity contribution in [3.63, 3.8) is 0 Å². The molecule has 2 unspecified atom stereocenters. The molecule has 0 radical (unpaired) electrons. The van der Waals surface area contributed by atoms with Crippen molar-refractivity contribution < 1.29 is 0 Å². The fourth-order valence-electron chi connectivity index (χ4n) is 3.44. The summed E-state index contributed by atoms with van der Waals surface area (Å²) in [5.41, 5.74) is 2.71. The van der Waals surface area contributed by atoms with Gasteiger partial charge in [0, 0.05) is 30.9 Å². The zero-order chi connectivity index (χ0) is 13.9. The first-order chi connectivity index (χ1) is 9.70. The van der Waals surface area contributed by atoms with Crippen molar-refractivity contribution in [2.45, 2.75) is 44.8 Å². The van der Waals surface area contributed by atoms with Gasteiger partial charge in [0.1, 0.15) is 0 Å². The van der Waals surface area contributed by atoms with Gasteiger partial charge in [-0.1, -0.05) is 12.1 Å². The van der Waals surface area contributed by atoms with Crippen LogP contribution in [0.1, 0.15) is 31.7 Å². The molecule has 110 valence electrons. The van der Waals surface area contributed by atoms with E-state index in [1.165, 1.54) is 43.6 Å². The summed E-state index contributed by atoms with van der Waals surface area (Å²) < 4.78 is 0. The molecule has 3 nitrogen and oxygen atoms in total. The minimum atomic E-state index is 0.597. The molecule has 2 aliphatic heterocycles. The number of likely N-dealkylation sites (tertiary alicyclic amines) is 2. The van der Waals surface area contributed by atoms with Crippen molar-refractivity contribution in [1.82, 2.24) is 9.80 Å².